The van der Waals surface area contributed by atoms with Crippen molar-refractivity contribution in [3.63, 3.8) is 0 Å². The van der Waals surface area contributed by atoms with E-state index in [2.05, 4.69) is 40.2 Å². The van der Waals surface area contributed by atoms with Crippen molar-refractivity contribution in [1.29, 1.82) is 0 Å². The molecule has 0 radical (unpaired) electrons. The second-order valence-electron chi connectivity index (χ2n) is 4.81. The van der Waals surface area contributed by atoms with Gasteiger partial charge in [-0.2, -0.15) is 0 Å². The average molecular weight is 325 g/mol. The van der Waals surface area contributed by atoms with Crippen LogP contribution in [0, 0.1) is 0 Å². The summed E-state index contributed by atoms with van der Waals surface area (Å²) in [5.41, 5.74) is 1.09. The Hall–Kier alpha value is -1.34. The normalized spacial score (nSPS) is 11.1. The summed E-state index contributed by atoms with van der Waals surface area (Å²) < 4.78 is 6.68. The zero-order chi connectivity index (χ0) is 15.4. The number of methoxy groups -OCH3 is 1. The molecule has 0 bridgehead atoms. The highest BCUT2D eigenvalue weighted by molar-refractivity contribution is 7.99. The lowest BCUT2D eigenvalue weighted by Crippen LogP contribution is -2.05. The summed E-state index contributed by atoms with van der Waals surface area (Å²) >= 11 is 3.09. The first-order valence-corrected chi connectivity index (χ1v) is 8.65. The van der Waals surface area contributed by atoms with Gasteiger partial charge in [0.1, 0.15) is 0 Å². The number of carbonyl (C=O) groups excluding carboxylic acids is 1. The van der Waals surface area contributed by atoms with Gasteiger partial charge >= 0.3 is 5.97 Å². The Kier molecular flexibility index (Phi) is 5.41. The Balaban J connectivity index is 2.24. The molecule has 7 heteroatoms. The van der Waals surface area contributed by atoms with Crippen LogP contribution in [0.5, 0.6) is 0 Å². The Labute approximate surface area is 132 Å². The maximum Gasteiger partial charge on any atom is 0.316 e. The Bertz CT molecular complexity index is 620. The predicted molar refractivity (Wildman–Crippen MR) is 85.8 cm³/mol. The summed E-state index contributed by atoms with van der Waals surface area (Å²) in [6.45, 7) is 7.17. The van der Waals surface area contributed by atoms with Gasteiger partial charge in [0.25, 0.3) is 0 Å². The van der Waals surface area contributed by atoms with Crippen molar-refractivity contribution in [2.45, 2.75) is 38.4 Å². The molecular weight excluding hydrogens is 306 g/mol. The van der Waals surface area contributed by atoms with E-state index in [0.29, 0.717) is 5.92 Å². The molecule has 0 aromatic carbocycles. The predicted octanol–water partition coefficient (Wildman–Crippen LogP) is 3.42. The van der Waals surface area contributed by atoms with Crippen molar-refractivity contribution < 1.29 is 9.53 Å². The Morgan fingerprint density at radius 3 is 2.81 bits per heavy atom. The molecule has 0 unspecified atom stereocenters. The number of hydrogen-bond donors (Lipinski definition) is 0. The van der Waals surface area contributed by atoms with Crippen LogP contribution >= 0.6 is 23.1 Å². The van der Waals surface area contributed by atoms with Crippen LogP contribution in [0.15, 0.2) is 16.6 Å². The largest absolute Gasteiger partial charge is 0.468 e. The van der Waals surface area contributed by atoms with Gasteiger partial charge in [0.05, 0.1) is 12.9 Å². The van der Waals surface area contributed by atoms with Crippen LogP contribution in [0.2, 0.25) is 0 Å². The number of hydrogen-bond acceptors (Lipinski definition) is 6. The van der Waals surface area contributed by atoms with Gasteiger partial charge in [-0.15, -0.1) is 21.5 Å². The van der Waals surface area contributed by atoms with Crippen LogP contribution in [0.25, 0.3) is 11.4 Å². The minimum atomic E-state index is -0.259. The summed E-state index contributed by atoms with van der Waals surface area (Å²) in [6, 6.07) is 2.17. The van der Waals surface area contributed by atoms with Crippen molar-refractivity contribution in [1.82, 2.24) is 14.8 Å². The number of thioether (sulfide) groups is 1. The molecule has 114 valence electrons. The molecule has 0 saturated carbocycles. The number of ether oxygens (including phenoxy) is 1. The van der Waals surface area contributed by atoms with Crippen LogP contribution in [-0.4, -0.2) is 33.6 Å². The lowest BCUT2D eigenvalue weighted by atomic mass is 10.1. The van der Waals surface area contributed by atoms with Crippen molar-refractivity contribution in [3.8, 4) is 11.4 Å². The maximum atomic E-state index is 11.2. The third kappa shape index (κ3) is 3.65. The molecular formula is C14H19N3O2S2. The van der Waals surface area contributed by atoms with Crippen LogP contribution in [0.4, 0.5) is 0 Å². The van der Waals surface area contributed by atoms with Gasteiger partial charge in [-0.3, -0.25) is 4.79 Å². The first-order valence-electron chi connectivity index (χ1n) is 6.78. The van der Waals surface area contributed by atoms with Gasteiger partial charge in [0.15, 0.2) is 11.0 Å². The Morgan fingerprint density at radius 2 is 2.24 bits per heavy atom. The average Bonchev–Trinajstić information content (AvgIpc) is 3.10. The van der Waals surface area contributed by atoms with Gasteiger partial charge in [-0.25, -0.2) is 0 Å². The first kappa shape index (κ1) is 16.0. The molecule has 21 heavy (non-hydrogen) atoms. The summed E-state index contributed by atoms with van der Waals surface area (Å²) in [7, 11) is 1.39. The van der Waals surface area contributed by atoms with Gasteiger partial charge in [-0.1, -0.05) is 25.6 Å². The van der Waals surface area contributed by atoms with Crippen LogP contribution in [-0.2, 0) is 16.1 Å². The van der Waals surface area contributed by atoms with Crippen molar-refractivity contribution in [2.75, 3.05) is 12.9 Å². The standard InChI is InChI=1S/C14H19N3O2S2/c1-5-17-13(10-6-11(9(2)3)20-7-10)15-16-14(17)21-8-12(18)19-4/h6-7,9H,5,8H2,1-4H3. The molecule has 5 nitrogen and oxygen atoms in total. The van der Waals surface area contributed by atoms with Crippen molar-refractivity contribution >= 4 is 29.1 Å². The summed E-state index contributed by atoms with van der Waals surface area (Å²) in [4.78, 5) is 12.6. The molecule has 2 aromatic rings. The molecule has 0 aliphatic carbocycles. The van der Waals surface area contributed by atoms with Gasteiger partial charge < -0.3 is 9.30 Å². The number of nitrogens with zero attached hydrogens (tertiary/aromatic N) is 3. The molecule has 0 saturated heterocycles. The molecule has 0 fully saturated rings. The number of carbonyl (C=O) groups is 1. The highest BCUT2D eigenvalue weighted by atomic mass is 32.2. The quantitative estimate of drug-likeness (QED) is 0.602. The van der Waals surface area contributed by atoms with E-state index >= 15 is 0 Å². The van der Waals surface area contributed by atoms with Crippen LogP contribution in [0.1, 0.15) is 31.6 Å². The second-order valence-corrected chi connectivity index (χ2v) is 6.69. The first-order chi connectivity index (χ1) is 10.1. The second kappa shape index (κ2) is 7.09. The summed E-state index contributed by atoms with van der Waals surface area (Å²) in [5.74, 6) is 1.35. The minimum absolute atomic E-state index is 0.246. The summed E-state index contributed by atoms with van der Waals surface area (Å²) in [6.07, 6.45) is 0. The number of aromatic nitrogens is 3. The molecule has 2 aromatic heterocycles. The van der Waals surface area contributed by atoms with Crippen LogP contribution in [0.3, 0.4) is 0 Å². The van der Waals surface area contributed by atoms with Crippen molar-refractivity contribution in [2.24, 2.45) is 0 Å². The van der Waals surface area contributed by atoms with Gasteiger partial charge in [0.2, 0.25) is 0 Å². The highest BCUT2D eigenvalue weighted by Gasteiger charge is 2.16. The fourth-order valence-electron chi connectivity index (χ4n) is 1.85. The maximum absolute atomic E-state index is 11.2. The number of thiophene rings is 1. The number of esters is 1. The SMILES string of the molecule is CCn1c(SCC(=O)OC)nnc1-c1csc(C(C)C)c1. The fraction of sp³-hybridized carbons (Fsp3) is 0.500. The topological polar surface area (TPSA) is 57.0 Å². The monoisotopic (exact) mass is 325 g/mol. The minimum Gasteiger partial charge on any atom is -0.468 e. The molecule has 0 aliphatic heterocycles. The molecule has 0 amide bonds. The molecule has 0 atom stereocenters. The van der Waals surface area contributed by atoms with Gasteiger partial charge in [0, 0.05) is 22.4 Å². The van der Waals surface area contributed by atoms with E-state index in [4.69, 9.17) is 0 Å². The van der Waals surface area contributed by atoms with E-state index in [9.17, 15) is 4.79 Å². The summed E-state index contributed by atoms with van der Waals surface area (Å²) in [5, 5.41) is 11.3. The lowest BCUT2D eigenvalue weighted by Gasteiger charge is -2.05. The molecule has 2 heterocycles. The van der Waals surface area contributed by atoms with Crippen LogP contribution < -0.4 is 0 Å². The third-order valence-corrected chi connectivity index (χ3v) is 5.20. The van der Waals surface area contributed by atoms with Crippen molar-refractivity contribution in [3.05, 3.63) is 16.3 Å². The van der Waals surface area contributed by atoms with E-state index in [-0.39, 0.29) is 11.7 Å². The molecule has 0 N–H and O–H groups in total. The highest BCUT2D eigenvalue weighted by Crippen LogP contribution is 2.30. The molecule has 2 rings (SSSR count). The van der Waals surface area contributed by atoms with E-state index < -0.39 is 0 Å². The zero-order valence-corrected chi connectivity index (χ0v) is 14.3. The zero-order valence-electron chi connectivity index (χ0n) is 12.6. The van der Waals surface area contributed by atoms with E-state index in [0.717, 1.165) is 23.1 Å². The van der Waals surface area contributed by atoms with Gasteiger partial charge in [-0.05, 0) is 18.9 Å². The molecule has 0 spiro atoms. The fourth-order valence-corrected chi connectivity index (χ4v) is 3.59. The van der Waals surface area contributed by atoms with E-state index in [1.807, 2.05) is 11.5 Å². The lowest BCUT2D eigenvalue weighted by molar-refractivity contribution is -0.137. The third-order valence-electron chi connectivity index (χ3n) is 3.03. The molecule has 0 aliphatic rings. The van der Waals surface area contributed by atoms with E-state index in [1.54, 1.807) is 11.3 Å². The number of rotatable bonds is 6. The Morgan fingerprint density at radius 1 is 1.48 bits per heavy atom. The smallest absolute Gasteiger partial charge is 0.316 e. The van der Waals surface area contributed by atoms with E-state index in [1.165, 1.54) is 23.7 Å².